The highest BCUT2D eigenvalue weighted by Crippen LogP contribution is 2.26. The molecule has 0 aliphatic heterocycles. The lowest BCUT2D eigenvalue weighted by Crippen LogP contribution is -2.29. The highest BCUT2D eigenvalue weighted by Gasteiger charge is 2.17. The van der Waals surface area contributed by atoms with Gasteiger partial charge in [-0.3, -0.25) is 0 Å². The molecule has 0 aromatic rings. The Bertz CT molecular complexity index is 182. The molecule has 0 amide bonds. The van der Waals surface area contributed by atoms with E-state index in [-0.39, 0.29) is 6.04 Å². The minimum Gasteiger partial charge on any atom is -0.304 e. The van der Waals surface area contributed by atoms with Crippen LogP contribution in [0.15, 0.2) is 0 Å². The second-order valence-corrected chi connectivity index (χ2v) is 5.38. The Hall–Kier alpha value is -0.480. The SMILES string of the molecule is C#CC(CC(C)CC(C)(C)C)NCC. The number of rotatable bonds is 5. The lowest BCUT2D eigenvalue weighted by atomic mass is 9.83. The van der Waals surface area contributed by atoms with Gasteiger partial charge in [-0.25, -0.2) is 0 Å². The number of nitrogens with one attached hydrogen (secondary N) is 1. The summed E-state index contributed by atoms with van der Waals surface area (Å²) in [6.07, 6.45) is 7.78. The molecule has 0 radical (unpaired) electrons. The van der Waals surface area contributed by atoms with Crippen LogP contribution in [0, 0.1) is 23.7 Å². The van der Waals surface area contributed by atoms with Crippen molar-refractivity contribution in [2.45, 2.75) is 53.5 Å². The summed E-state index contributed by atoms with van der Waals surface area (Å²) in [6.45, 7) is 12.2. The third-order valence-corrected chi connectivity index (χ3v) is 2.25. The largest absolute Gasteiger partial charge is 0.304 e. The van der Waals surface area contributed by atoms with Gasteiger partial charge >= 0.3 is 0 Å². The molecule has 0 aromatic heterocycles. The van der Waals surface area contributed by atoms with Gasteiger partial charge in [0.05, 0.1) is 6.04 Å². The summed E-state index contributed by atoms with van der Waals surface area (Å²) in [6, 6.07) is 0.248. The fourth-order valence-corrected chi connectivity index (χ4v) is 1.99. The first-order chi connectivity index (χ1) is 6.39. The van der Waals surface area contributed by atoms with Crippen LogP contribution in [0.25, 0.3) is 0 Å². The summed E-state index contributed by atoms with van der Waals surface area (Å²) in [7, 11) is 0. The van der Waals surface area contributed by atoms with Crippen molar-refractivity contribution in [1.82, 2.24) is 5.32 Å². The fraction of sp³-hybridized carbons (Fsp3) is 0.846. The van der Waals surface area contributed by atoms with Crippen LogP contribution in [-0.4, -0.2) is 12.6 Å². The summed E-state index contributed by atoms with van der Waals surface area (Å²) < 4.78 is 0. The average Bonchev–Trinajstić information content (AvgIpc) is 2.00. The van der Waals surface area contributed by atoms with Crippen LogP contribution in [0.1, 0.15) is 47.5 Å². The zero-order valence-corrected chi connectivity index (χ0v) is 10.4. The molecule has 0 spiro atoms. The highest BCUT2D eigenvalue weighted by molar-refractivity contribution is 4.99. The molecule has 0 aliphatic carbocycles. The summed E-state index contributed by atoms with van der Waals surface area (Å²) in [5, 5.41) is 3.31. The van der Waals surface area contributed by atoms with E-state index in [1.807, 2.05) is 0 Å². The molecule has 14 heavy (non-hydrogen) atoms. The van der Waals surface area contributed by atoms with E-state index in [1.54, 1.807) is 0 Å². The first kappa shape index (κ1) is 13.5. The quantitative estimate of drug-likeness (QED) is 0.665. The predicted octanol–water partition coefficient (Wildman–Crippen LogP) is 3.06. The number of hydrogen-bond acceptors (Lipinski definition) is 1. The molecule has 82 valence electrons. The summed E-state index contributed by atoms with van der Waals surface area (Å²) in [5.74, 6) is 3.50. The van der Waals surface area contributed by atoms with Gasteiger partial charge in [-0.15, -0.1) is 6.42 Å². The van der Waals surface area contributed by atoms with Gasteiger partial charge in [0.25, 0.3) is 0 Å². The average molecular weight is 195 g/mol. The molecule has 0 saturated carbocycles. The maximum absolute atomic E-state index is 5.46. The first-order valence-electron chi connectivity index (χ1n) is 5.58. The lowest BCUT2D eigenvalue weighted by Gasteiger charge is -2.25. The minimum absolute atomic E-state index is 0.248. The molecule has 0 heterocycles. The van der Waals surface area contributed by atoms with Crippen LogP contribution < -0.4 is 5.32 Å². The molecule has 1 heteroatoms. The Labute approximate surface area is 89.7 Å². The topological polar surface area (TPSA) is 12.0 Å². The molecule has 1 N–H and O–H groups in total. The van der Waals surface area contributed by atoms with Crippen molar-refractivity contribution in [3.05, 3.63) is 0 Å². The maximum Gasteiger partial charge on any atom is 0.0689 e. The van der Waals surface area contributed by atoms with Crippen LogP contribution in [0.4, 0.5) is 0 Å². The Morgan fingerprint density at radius 1 is 1.36 bits per heavy atom. The lowest BCUT2D eigenvalue weighted by molar-refractivity contribution is 0.287. The van der Waals surface area contributed by atoms with E-state index >= 15 is 0 Å². The molecule has 1 nitrogen and oxygen atoms in total. The Morgan fingerprint density at radius 2 is 1.93 bits per heavy atom. The van der Waals surface area contributed by atoms with Crippen LogP contribution in [0.3, 0.4) is 0 Å². The molecule has 2 unspecified atom stereocenters. The molecule has 0 rings (SSSR count). The van der Waals surface area contributed by atoms with Crippen molar-refractivity contribution in [3.8, 4) is 12.3 Å². The van der Waals surface area contributed by atoms with E-state index in [9.17, 15) is 0 Å². The molecular weight excluding hydrogens is 170 g/mol. The van der Waals surface area contributed by atoms with Crippen molar-refractivity contribution < 1.29 is 0 Å². The van der Waals surface area contributed by atoms with Crippen LogP contribution in [0.5, 0.6) is 0 Å². The standard InChI is InChI=1S/C13H25N/c1-7-12(14-8-2)9-11(3)10-13(4,5)6/h1,11-12,14H,8-10H2,2-6H3. The number of hydrogen-bond donors (Lipinski definition) is 1. The zero-order valence-electron chi connectivity index (χ0n) is 10.4. The van der Waals surface area contributed by atoms with E-state index < -0.39 is 0 Å². The van der Waals surface area contributed by atoms with Gasteiger partial charge in [-0.05, 0) is 30.7 Å². The maximum atomic E-state index is 5.46. The molecule has 0 bridgehead atoms. The zero-order chi connectivity index (χ0) is 11.2. The van der Waals surface area contributed by atoms with Gasteiger partial charge in [0, 0.05) is 0 Å². The third-order valence-electron chi connectivity index (χ3n) is 2.25. The molecule has 0 saturated heterocycles. The van der Waals surface area contributed by atoms with Crippen molar-refractivity contribution in [2.24, 2.45) is 11.3 Å². The normalized spacial score (nSPS) is 16.0. The minimum atomic E-state index is 0.248. The molecular formula is C13H25N. The van der Waals surface area contributed by atoms with E-state index in [0.717, 1.165) is 13.0 Å². The summed E-state index contributed by atoms with van der Waals surface area (Å²) >= 11 is 0. The van der Waals surface area contributed by atoms with Crippen molar-refractivity contribution in [3.63, 3.8) is 0 Å². The monoisotopic (exact) mass is 195 g/mol. The smallest absolute Gasteiger partial charge is 0.0689 e. The van der Waals surface area contributed by atoms with E-state index in [2.05, 4.69) is 45.9 Å². The van der Waals surface area contributed by atoms with E-state index in [0.29, 0.717) is 11.3 Å². The van der Waals surface area contributed by atoms with Crippen molar-refractivity contribution in [2.75, 3.05) is 6.54 Å². The second kappa shape index (κ2) is 6.09. The van der Waals surface area contributed by atoms with Crippen LogP contribution in [-0.2, 0) is 0 Å². The van der Waals surface area contributed by atoms with Gasteiger partial charge in [0.1, 0.15) is 0 Å². The van der Waals surface area contributed by atoms with Crippen molar-refractivity contribution >= 4 is 0 Å². The fourth-order valence-electron chi connectivity index (χ4n) is 1.99. The molecule has 0 aliphatic rings. The predicted molar refractivity (Wildman–Crippen MR) is 64.2 cm³/mol. The van der Waals surface area contributed by atoms with Gasteiger partial charge in [0.15, 0.2) is 0 Å². The Morgan fingerprint density at radius 3 is 2.29 bits per heavy atom. The Kier molecular flexibility index (Phi) is 5.88. The van der Waals surface area contributed by atoms with Crippen LogP contribution >= 0.6 is 0 Å². The van der Waals surface area contributed by atoms with Crippen LogP contribution in [0.2, 0.25) is 0 Å². The molecule has 0 aromatic carbocycles. The Balaban J connectivity index is 3.92. The summed E-state index contributed by atoms with van der Waals surface area (Å²) in [5.41, 5.74) is 0.408. The van der Waals surface area contributed by atoms with Crippen molar-refractivity contribution in [1.29, 1.82) is 0 Å². The first-order valence-corrected chi connectivity index (χ1v) is 5.58. The van der Waals surface area contributed by atoms with Gasteiger partial charge in [0.2, 0.25) is 0 Å². The number of terminal acetylenes is 1. The second-order valence-electron chi connectivity index (χ2n) is 5.38. The summed E-state index contributed by atoms with van der Waals surface area (Å²) in [4.78, 5) is 0. The van der Waals surface area contributed by atoms with E-state index in [4.69, 9.17) is 6.42 Å². The van der Waals surface area contributed by atoms with Gasteiger partial charge in [-0.2, -0.15) is 0 Å². The highest BCUT2D eigenvalue weighted by atomic mass is 14.9. The van der Waals surface area contributed by atoms with Gasteiger partial charge in [-0.1, -0.05) is 40.5 Å². The van der Waals surface area contributed by atoms with E-state index in [1.165, 1.54) is 6.42 Å². The molecule has 2 atom stereocenters. The molecule has 0 fully saturated rings. The third kappa shape index (κ3) is 6.97. The van der Waals surface area contributed by atoms with Gasteiger partial charge < -0.3 is 5.32 Å².